The summed E-state index contributed by atoms with van der Waals surface area (Å²) in [4.78, 5) is 6.16. The molecule has 0 saturated carbocycles. The highest BCUT2D eigenvalue weighted by atomic mass is 35.5. The van der Waals surface area contributed by atoms with Gasteiger partial charge in [0, 0.05) is 20.1 Å². The molecule has 4 nitrogen and oxygen atoms in total. The first-order chi connectivity index (χ1) is 6.65. The third-order valence-corrected chi connectivity index (χ3v) is 2.18. The summed E-state index contributed by atoms with van der Waals surface area (Å²) in [5, 5.41) is 3.65. The molecular formula is C9H15ClN4. The van der Waals surface area contributed by atoms with Crippen LogP contribution in [0, 0.1) is 0 Å². The minimum absolute atomic E-state index is 0.584. The predicted molar refractivity (Wildman–Crippen MR) is 60.9 cm³/mol. The van der Waals surface area contributed by atoms with E-state index in [9.17, 15) is 0 Å². The van der Waals surface area contributed by atoms with E-state index in [-0.39, 0.29) is 0 Å². The maximum Gasteiger partial charge on any atom is 0.147 e. The van der Waals surface area contributed by atoms with Crippen molar-refractivity contribution in [3.63, 3.8) is 0 Å². The number of halogens is 1. The van der Waals surface area contributed by atoms with Crippen molar-refractivity contribution in [2.75, 3.05) is 37.8 Å². The number of nitrogens with zero attached hydrogens (tertiary/aromatic N) is 2. The van der Waals surface area contributed by atoms with Crippen LogP contribution in [0.5, 0.6) is 0 Å². The van der Waals surface area contributed by atoms with E-state index in [4.69, 9.17) is 17.3 Å². The molecule has 0 aliphatic heterocycles. The Kier molecular flexibility index (Phi) is 3.98. The molecule has 0 aromatic carbocycles. The van der Waals surface area contributed by atoms with E-state index >= 15 is 0 Å². The van der Waals surface area contributed by atoms with Crippen LogP contribution in [-0.2, 0) is 0 Å². The summed E-state index contributed by atoms with van der Waals surface area (Å²) in [6.07, 6.45) is 1.61. The Morgan fingerprint density at radius 3 is 2.93 bits per heavy atom. The normalized spacial score (nSPS) is 10.2. The number of anilines is 2. The van der Waals surface area contributed by atoms with Crippen molar-refractivity contribution in [1.29, 1.82) is 0 Å². The van der Waals surface area contributed by atoms with Crippen LogP contribution in [0.25, 0.3) is 0 Å². The lowest BCUT2D eigenvalue weighted by atomic mass is 10.4. The minimum atomic E-state index is 0.584. The summed E-state index contributed by atoms with van der Waals surface area (Å²) in [7, 11) is 3.85. The largest absolute Gasteiger partial charge is 0.397 e. The molecule has 0 radical (unpaired) electrons. The van der Waals surface area contributed by atoms with Crippen LogP contribution in [-0.4, -0.2) is 32.2 Å². The van der Waals surface area contributed by atoms with E-state index in [2.05, 4.69) is 10.3 Å². The number of nitrogens with one attached hydrogen (secondary N) is 1. The van der Waals surface area contributed by atoms with Gasteiger partial charge in [-0.05, 0) is 13.1 Å². The highest BCUT2D eigenvalue weighted by Gasteiger charge is 2.06. The Hall–Kier alpha value is -1.00. The standard InChI is InChI=1S/C9H15ClN4/c1-12-3-4-14(2)9-8(10)5-7(11)6-13-9/h5-6,12H,3-4,11H2,1-2H3. The number of rotatable bonds is 4. The molecule has 3 N–H and O–H groups in total. The molecule has 5 heteroatoms. The zero-order chi connectivity index (χ0) is 10.6. The molecule has 0 bridgehead atoms. The molecule has 0 unspecified atom stereocenters. The molecule has 1 heterocycles. The second kappa shape index (κ2) is 5.02. The quantitative estimate of drug-likeness (QED) is 0.785. The van der Waals surface area contributed by atoms with Crippen molar-refractivity contribution in [2.45, 2.75) is 0 Å². The van der Waals surface area contributed by atoms with Gasteiger partial charge in [0.15, 0.2) is 0 Å². The van der Waals surface area contributed by atoms with Crippen LogP contribution in [0.15, 0.2) is 12.3 Å². The molecule has 0 fully saturated rings. The van der Waals surface area contributed by atoms with Crippen LogP contribution in [0.2, 0.25) is 5.02 Å². The molecule has 0 aliphatic carbocycles. The Labute approximate surface area is 89.1 Å². The molecule has 1 aromatic heterocycles. The highest BCUT2D eigenvalue weighted by molar-refractivity contribution is 6.33. The monoisotopic (exact) mass is 214 g/mol. The highest BCUT2D eigenvalue weighted by Crippen LogP contribution is 2.23. The fraction of sp³-hybridized carbons (Fsp3) is 0.444. The summed E-state index contributed by atoms with van der Waals surface area (Å²) in [6, 6.07) is 1.71. The van der Waals surface area contributed by atoms with Gasteiger partial charge in [0.1, 0.15) is 5.82 Å². The number of likely N-dealkylation sites (N-methyl/N-ethyl adjacent to an activating group) is 2. The van der Waals surface area contributed by atoms with E-state index in [0.717, 1.165) is 18.9 Å². The van der Waals surface area contributed by atoms with Crippen LogP contribution in [0.4, 0.5) is 11.5 Å². The zero-order valence-electron chi connectivity index (χ0n) is 8.42. The average molecular weight is 215 g/mol. The molecule has 0 atom stereocenters. The summed E-state index contributed by atoms with van der Waals surface area (Å²) in [5.41, 5.74) is 6.13. The SMILES string of the molecule is CNCCN(C)c1ncc(N)cc1Cl. The number of aromatic nitrogens is 1. The first-order valence-electron chi connectivity index (χ1n) is 4.42. The van der Waals surface area contributed by atoms with Gasteiger partial charge < -0.3 is 16.0 Å². The van der Waals surface area contributed by atoms with Crippen molar-refractivity contribution in [3.05, 3.63) is 17.3 Å². The molecule has 0 aliphatic rings. The Bertz CT molecular complexity index is 303. The summed E-state index contributed by atoms with van der Waals surface area (Å²) >= 11 is 6.00. The number of hydrogen-bond acceptors (Lipinski definition) is 4. The van der Waals surface area contributed by atoms with Gasteiger partial charge in [-0.15, -0.1) is 0 Å². The Morgan fingerprint density at radius 1 is 1.64 bits per heavy atom. The molecule has 1 aromatic rings. The lowest BCUT2D eigenvalue weighted by Gasteiger charge is -2.18. The Morgan fingerprint density at radius 2 is 2.36 bits per heavy atom. The molecule has 14 heavy (non-hydrogen) atoms. The van der Waals surface area contributed by atoms with Gasteiger partial charge in [-0.3, -0.25) is 0 Å². The van der Waals surface area contributed by atoms with Gasteiger partial charge in [-0.2, -0.15) is 0 Å². The second-order valence-corrected chi connectivity index (χ2v) is 3.51. The van der Waals surface area contributed by atoms with Crippen LogP contribution >= 0.6 is 11.6 Å². The zero-order valence-corrected chi connectivity index (χ0v) is 9.17. The lowest BCUT2D eigenvalue weighted by molar-refractivity contribution is 0.762. The molecular weight excluding hydrogens is 200 g/mol. The van der Waals surface area contributed by atoms with Gasteiger partial charge in [0.2, 0.25) is 0 Å². The number of nitrogen functional groups attached to an aromatic ring is 1. The van der Waals surface area contributed by atoms with Gasteiger partial charge in [0.25, 0.3) is 0 Å². The smallest absolute Gasteiger partial charge is 0.147 e. The van der Waals surface area contributed by atoms with E-state index in [1.54, 1.807) is 12.3 Å². The van der Waals surface area contributed by atoms with Crippen LogP contribution < -0.4 is 16.0 Å². The van der Waals surface area contributed by atoms with Crippen molar-refractivity contribution < 1.29 is 0 Å². The maximum atomic E-state index is 6.00. The van der Waals surface area contributed by atoms with Crippen LogP contribution in [0.3, 0.4) is 0 Å². The van der Waals surface area contributed by atoms with Crippen molar-refractivity contribution in [3.8, 4) is 0 Å². The molecule has 1 rings (SSSR count). The van der Waals surface area contributed by atoms with Crippen molar-refractivity contribution >= 4 is 23.1 Å². The topological polar surface area (TPSA) is 54.2 Å². The predicted octanol–water partition coefficient (Wildman–Crippen LogP) is 0.973. The third kappa shape index (κ3) is 2.75. The fourth-order valence-electron chi connectivity index (χ4n) is 1.11. The van der Waals surface area contributed by atoms with E-state index in [1.165, 1.54) is 0 Å². The minimum Gasteiger partial charge on any atom is -0.397 e. The number of hydrogen-bond donors (Lipinski definition) is 2. The van der Waals surface area contributed by atoms with E-state index in [0.29, 0.717) is 10.7 Å². The van der Waals surface area contributed by atoms with E-state index in [1.807, 2.05) is 19.0 Å². The van der Waals surface area contributed by atoms with Gasteiger partial charge >= 0.3 is 0 Å². The number of nitrogens with two attached hydrogens (primary N) is 1. The molecule has 0 spiro atoms. The molecule has 0 saturated heterocycles. The van der Waals surface area contributed by atoms with Gasteiger partial charge in [-0.1, -0.05) is 11.6 Å². The fourth-order valence-corrected chi connectivity index (χ4v) is 1.43. The van der Waals surface area contributed by atoms with Gasteiger partial charge in [-0.25, -0.2) is 4.98 Å². The first-order valence-corrected chi connectivity index (χ1v) is 4.79. The van der Waals surface area contributed by atoms with Crippen molar-refractivity contribution in [2.24, 2.45) is 0 Å². The second-order valence-electron chi connectivity index (χ2n) is 3.10. The summed E-state index contributed by atoms with van der Waals surface area (Å²) in [6.45, 7) is 1.74. The Balaban J connectivity index is 2.74. The third-order valence-electron chi connectivity index (χ3n) is 1.90. The molecule has 78 valence electrons. The van der Waals surface area contributed by atoms with Crippen molar-refractivity contribution in [1.82, 2.24) is 10.3 Å². The first kappa shape index (κ1) is 11.1. The van der Waals surface area contributed by atoms with Crippen LogP contribution in [0.1, 0.15) is 0 Å². The molecule has 0 amide bonds. The summed E-state index contributed by atoms with van der Waals surface area (Å²) in [5.74, 6) is 0.760. The van der Waals surface area contributed by atoms with Gasteiger partial charge in [0.05, 0.1) is 16.9 Å². The summed E-state index contributed by atoms with van der Waals surface area (Å²) < 4.78 is 0. The maximum absolute atomic E-state index is 6.00. The number of pyridine rings is 1. The average Bonchev–Trinajstić information content (AvgIpc) is 2.14. The van der Waals surface area contributed by atoms with E-state index < -0.39 is 0 Å². The lowest BCUT2D eigenvalue weighted by Crippen LogP contribution is -2.27.